The first-order valence-corrected chi connectivity index (χ1v) is 6.48. The van der Waals surface area contributed by atoms with Crippen LogP contribution in [0.5, 0.6) is 0 Å². The normalized spacial score (nSPS) is 25.0. The minimum absolute atomic E-state index is 0.114. The Balaban J connectivity index is 2.85. The van der Waals surface area contributed by atoms with Crippen molar-refractivity contribution in [3.8, 4) is 0 Å². The van der Waals surface area contributed by atoms with Crippen molar-refractivity contribution in [3.63, 3.8) is 0 Å². The molecule has 1 heterocycles. The fourth-order valence-corrected chi connectivity index (χ4v) is 2.31. The molecule has 1 rings (SSSR count). The molecule has 0 radical (unpaired) electrons. The summed E-state index contributed by atoms with van der Waals surface area (Å²) in [5, 5.41) is 0. The van der Waals surface area contributed by atoms with Gasteiger partial charge in [0.25, 0.3) is 0 Å². The van der Waals surface area contributed by atoms with Gasteiger partial charge in [0.15, 0.2) is 0 Å². The van der Waals surface area contributed by atoms with E-state index in [2.05, 4.69) is 70.5 Å². The molecule has 0 bridgehead atoms. The topological polar surface area (TPSA) is 18.5 Å². The van der Waals surface area contributed by atoms with Gasteiger partial charge in [0.05, 0.1) is 11.2 Å². The number of rotatable bonds is 1. The van der Waals surface area contributed by atoms with E-state index in [1.54, 1.807) is 0 Å². The molecular formula is C12H22BBrO2. The Hall–Kier alpha value is 0.205. The highest BCUT2D eigenvalue weighted by Gasteiger charge is 2.52. The molecule has 0 N–H and O–H groups in total. The van der Waals surface area contributed by atoms with Gasteiger partial charge in [-0.25, -0.2) is 0 Å². The van der Waals surface area contributed by atoms with E-state index >= 15 is 0 Å². The molecule has 0 saturated carbocycles. The van der Waals surface area contributed by atoms with Crippen LogP contribution in [0, 0.1) is 5.41 Å². The summed E-state index contributed by atoms with van der Waals surface area (Å²) in [6.07, 6.45) is 2.13. The lowest BCUT2D eigenvalue weighted by atomic mass is 9.84. The zero-order valence-electron chi connectivity index (χ0n) is 11.3. The van der Waals surface area contributed by atoms with E-state index in [4.69, 9.17) is 9.31 Å². The lowest BCUT2D eigenvalue weighted by Crippen LogP contribution is -2.41. The van der Waals surface area contributed by atoms with Crippen LogP contribution in [0.25, 0.3) is 0 Å². The van der Waals surface area contributed by atoms with E-state index in [0.29, 0.717) is 0 Å². The summed E-state index contributed by atoms with van der Waals surface area (Å²) in [4.78, 5) is 0. The first-order valence-electron chi connectivity index (χ1n) is 5.68. The fourth-order valence-electron chi connectivity index (χ4n) is 1.44. The van der Waals surface area contributed by atoms with Crippen LogP contribution in [-0.2, 0) is 9.31 Å². The molecule has 4 heteroatoms. The highest BCUT2D eigenvalue weighted by atomic mass is 79.9. The summed E-state index contributed by atoms with van der Waals surface area (Å²) in [6, 6.07) is 0. The van der Waals surface area contributed by atoms with Crippen molar-refractivity contribution >= 4 is 23.0 Å². The quantitative estimate of drug-likeness (QED) is 0.681. The molecule has 0 amide bonds. The van der Waals surface area contributed by atoms with E-state index in [0.717, 1.165) is 4.38 Å². The van der Waals surface area contributed by atoms with Gasteiger partial charge in [-0.05, 0) is 33.1 Å². The minimum atomic E-state index is -0.288. The van der Waals surface area contributed by atoms with Gasteiger partial charge in [0.1, 0.15) is 0 Å². The fraction of sp³-hybridized carbons (Fsp3) is 0.833. The van der Waals surface area contributed by atoms with Crippen LogP contribution < -0.4 is 0 Å². The predicted molar refractivity (Wildman–Crippen MR) is 72.5 cm³/mol. The van der Waals surface area contributed by atoms with Crippen LogP contribution in [0.15, 0.2) is 10.5 Å². The zero-order chi connectivity index (χ0) is 12.8. The molecule has 1 aliphatic rings. The smallest absolute Gasteiger partial charge is 0.399 e. The summed E-state index contributed by atoms with van der Waals surface area (Å²) < 4.78 is 12.8. The van der Waals surface area contributed by atoms with Crippen molar-refractivity contribution in [3.05, 3.63) is 10.5 Å². The summed E-state index contributed by atoms with van der Waals surface area (Å²) >= 11 is 3.55. The van der Waals surface area contributed by atoms with Gasteiger partial charge in [0, 0.05) is 4.38 Å². The minimum Gasteiger partial charge on any atom is -0.399 e. The maximum absolute atomic E-state index is 5.93. The number of allylic oxidation sites excluding steroid dienone is 1. The Labute approximate surface area is 108 Å². The monoisotopic (exact) mass is 288 g/mol. The summed E-state index contributed by atoms with van der Waals surface area (Å²) in [7, 11) is -0.288. The van der Waals surface area contributed by atoms with Gasteiger partial charge in [-0.2, -0.15) is 0 Å². The van der Waals surface area contributed by atoms with E-state index < -0.39 is 0 Å². The van der Waals surface area contributed by atoms with Crippen molar-refractivity contribution in [2.45, 2.75) is 59.7 Å². The van der Waals surface area contributed by atoms with Crippen LogP contribution in [0.2, 0.25) is 0 Å². The molecule has 1 fully saturated rings. The lowest BCUT2D eigenvalue weighted by Gasteiger charge is -2.32. The standard InChI is InChI=1S/C12H22BBrO2/c1-10(2,3)8-9(14)13-15-11(4,5)12(6,7)16-13/h8H,1-7H3/b9-8+. The first-order chi connectivity index (χ1) is 6.95. The Morgan fingerprint density at radius 1 is 1.06 bits per heavy atom. The van der Waals surface area contributed by atoms with Gasteiger partial charge in [0.2, 0.25) is 0 Å². The highest BCUT2D eigenvalue weighted by Crippen LogP contribution is 2.40. The maximum Gasteiger partial charge on any atom is 0.501 e. The largest absolute Gasteiger partial charge is 0.501 e. The van der Waals surface area contributed by atoms with Gasteiger partial charge < -0.3 is 9.31 Å². The third kappa shape index (κ3) is 3.11. The third-order valence-electron chi connectivity index (χ3n) is 3.05. The first kappa shape index (κ1) is 14.3. The second kappa shape index (κ2) is 4.15. The predicted octanol–water partition coefficient (Wildman–Crippen LogP) is 3.94. The lowest BCUT2D eigenvalue weighted by molar-refractivity contribution is 0.00578. The van der Waals surface area contributed by atoms with Crippen LogP contribution >= 0.6 is 15.9 Å². The van der Waals surface area contributed by atoms with Crippen LogP contribution in [0.4, 0.5) is 0 Å². The Bertz CT molecular complexity index is 287. The van der Waals surface area contributed by atoms with Crippen molar-refractivity contribution in [2.75, 3.05) is 0 Å². The van der Waals surface area contributed by atoms with Gasteiger partial charge in [-0.15, -0.1) is 0 Å². The van der Waals surface area contributed by atoms with Crippen molar-refractivity contribution in [1.29, 1.82) is 0 Å². The molecule has 0 aliphatic carbocycles. The van der Waals surface area contributed by atoms with Crippen LogP contribution in [-0.4, -0.2) is 18.3 Å². The SMILES string of the molecule is CC(C)(C)/C=C(/Br)B1OC(C)(C)C(C)(C)O1. The van der Waals surface area contributed by atoms with E-state index in [1.165, 1.54) is 0 Å². The Morgan fingerprint density at radius 3 is 1.75 bits per heavy atom. The zero-order valence-corrected chi connectivity index (χ0v) is 12.9. The second-order valence-corrected chi connectivity index (χ2v) is 7.40. The summed E-state index contributed by atoms with van der Waals surface area (Å²) in [5.74, 6) is 0. The number of halogens is 1. The molecule has 16 heavy (non-hydrogen) atoms. The average Bonchev–Trinajstić information content (AvgIpc) is 2.17. The van der Waals surface area contributed by atoms with Gasteiger partial charge >= 0.3 is 7.12 Å². The van der Waals surface area contributed by atoms with E-state index in [9.17, 15) is 0 Å². The molecule has 1 saturated heterocycles. The van der Waals surface area contributed by atoms with Gasteiger partial charge in [-0.3, -0.25) is 0 Å². The maximum atomic E-state index is 5.93. The van der Waals surface area contributed by atoms with Crippen molar-refractivity contribution in [1.82, 2.24) is 0 Å². The van der Waals surface area contributed by atoms with E-state index in [-0.39, 0.29) is 23.7 Å². The molecule has 0 aromatic carbocycles. The third-order valence-corrected chi connectivity index (χ3v) is 3.65. The molecular weight excluding hydrogens is 267 g/mol. The molecule has 2 nitrogen and oxygen atoms in total. The van der Waals surface area contributed by atoms with Gasteiger partial charge in [-0.1, -0.05) is 42.8 Å². The van der Waals surface area contributed by atoms with Crippen LogP contribution in [0.1, 0.15) is 48.5 Å². The molecule has 0 atom stereocenters. The molecule has 92 valence electrons. The number of hydrogen-bond donors (Lipinski definition) is 0. The molecule has 0 unspecified atom stereocenters. The molecule has 0 aromatic rings. The second-order valence-electron chi connectivity index (χ2n) is 6.48. The van der Waals surface area contributed by atoms with Crippen molar-refractivity contribution < 1.29 is 9.31 Å². The molecule has 0 spiro atoms. The van der Waals surface area contributed by atoms with Crippen molar-refractivity contribution in [2.24, 2.45) is 5.41 Å². The summed E-state index contributed by atoms with van der Waals surface area (Å²) in [6.45, 7) is 14.7. The summed E-state index contributed by atoms with van der Waals surface area (Å²) in [5.41, 5.74) is -0.437. The van der Waals surface area contributed by atoms with Crippen LogP contribution in [0.3, 0.4) is 0 Å². The highest BCUT2D eigenvalue weighted by molar-refractivity contribution is 9.12. The number of hydrogen-bond acceptors (Lipinski definition) is 2. The Morgan fingerprint density at radius 2 is 1.44 bits per heavy atom. The Kier molecular flexibility index (Phi) is 3.70. The molecule has 0 aromatic heterocycles. The molecule has 1 aliphatic heterocycles. The average molecular weight is 289 g/mol. The van der Waals surface area contributed by atoms with E-state index in [1.807, 2.05) is 0 Å².